The van der Waals surface area contributed by atoms with Crippen LogP contribution in [0.2, 0.25) is 0 Å². The van der Waals surface area contributed by atoms with Crippen molar-refractivity contribution in [1.29, 1.82) is 0 Å². The molecule has 8 rings (SSSR count). The molecule has 0 spiro atoms. The molecule has 0 bridgehead atoms. The Kier molecular flexibility index (Phi) is 16.1. The first kappa shape index (κ1) is 59.6. The van der Waals surface area contributed by atoms with E-state index in [1.54, 1.807) is 0 Å². The van der Waals surface area contributed by atoms with Crippen LogP contribution in [-0.2, 0) is 60.7 Å². The highest BCUT2D eigenvalue weighted by Crippen LogP contribution is 2.37. The van der Waals surface area contributed by atoms with Crippen LogP contribution < -0.4 is 0 Å². The second kappa shape index (κ2) is 22.1. The van der Waals surface area contributed by atoms with Gasteiger partial charge < -0.3 is 0 Å². The molecule has 0 aromatic heterocycles. The standard InChI is InChI=1S/C48H36N8O20S6/c1-27-19-31(13-17-41(27)51-49-33-21-39-37(47(23-33)81(71,72)73)5-3-7-43(39)77(59,60)61)53-55(57)35-15-11-29(45(25-35)79(65,66)67)9-10-30-12-16-36(26-46(30)80(68,69)70)56(58)54-32-14-18-42(28(2)20-32)52-50-34-22-40-38(48(24-34)82(74,75)76)6-4-8-44(40)78(62,63)64/h3-26H,1-2H3,(H6-2,53,54,57,58,59,60,61,62,63,64,65,66,67,68,69,70,71,72,73,74,75,76)/p+2/b10-9+. The molecular weight excluding hydrogens is 1200 g/mol. The number of aryl methyl sites for hydroxylation is 2. The molecule has 82 heavy (non-hydrogen) atoms. The highest BCUT2D eigenvalue weighted by molar-refractivity contribution is 7.87. The van der Waals surface area contributed by atoms with Crippen LogP contribution in [0.3, 0.4) is 0 Å². The Balaban J connectivity index is 1.02. The van der Waals surface area contributed by atoms with Crippen LogP contribution in [0.25, 0.3) is 33.7 Å². The summed E-state index contributed by atoms with van der Waals surface area (Å²) in [5.74, 6) is 0. The summed E-state index contributed by atoms with van der Waals surface area (Å²) >= 11 is 0. The average molecular weight is 1240 g/mol. The lowest BCUT2D eigenvalue weighted by atomic mass is 10.1. The van der Waals surface area contributed by atoms with Crippen molar-refractivity contribution in [2.75, 3.05) is 0 Å². The summed E-state index contributed by atoms with van der Waals surface area (Å²) < 4.78 is 207. The fourth-order valence-corrected chi connectivity index (χ4v) is 12.2. The molecule has 0 aliphatic carbocycles. The average Bonchev–Trinajstić information content (AvgIpc) is 2.20. The minimum absolute atomic E-state index is 0.0420. The van der Waals surface area contributed by atoms with E-state index in [2.05, 4.69) is 30.7 Å². The largest absolute Gasteiger partial charge is 0.295 e. The zero-order chi connectivity index (χ0) is 60.1. The fraction of sp³-hybridized carbons (Fsp3) is 0.0417. The number of hydrogen-bond donors (Lipinski definition) is 8. The number of benzene rings is 8. The number of hydrogen-bond acceptors (Lipinski definition) is 18. The lowest BCUT2D eigenvalue weighted by Crippen LogP contribution is -2.04. The van der Waals surface area contributed by atoms with Gasteiger partial charge in [-0.2, -0.15) is 71.0 Å². The van der Waals surface area contributed by atoms with Gasteiger partial charge in [0.15, 0.2) is 0 Å². The smallest absolute Gasteiger partial charge is 0.282 e. The number of fused-ring (bicyclic) bond motifs is 2. The maximum atomic E-state index is 12.6. The normalized spacial score (nSPS) is 13.6. The third-order valence-corrected chi connectivity index (χ3v) is 17.1. The SMILES string of the molecule is Cc1cc(N=[N+](O)c2ccc(/C=C/c3ccc([N+](O)=Nc4ccc(N=Nc5cc(S(=O)(=O)O)c6cccc(S(=O)(=O)O)c6c5)c(C)c4)cc3S(=O)(=O)O)c(S(=O)(=O)O)c2)ccc1N=Nc1cc(S(=O)(=O)O)c2cccc(S(=O)(=O)O)c2c1. The van der Waals surface area contributed by atoms with Gasteiger partial charge in [-0.1, -0.05) is 36.4 Å². The fourth-order valence-electron chi connectivity index (χ4n) is 7.99. The van der Waals surface area contributed by atoms with Crippen molar-refractivity contribution < 1.29 is 98.0 Å². The maximum absolute atomic E-state index is 12.6. The Hall–Kier alpha value is -8.52. The third-order valence-electron chi connectivity index (χ3n) is 11.7. The summed E-state index contributed by atoms with van der Waals surface area (Å²) in [5, 5.41) is 44.9. The van der Waals surface area contributed by atoms with E-state index in [9.17, 15) is 88.2 Å². The van der Waals surface area contributed by atoms with Crippen LogP contribution in [0.4, 0.5) is 45.5 Å². The quantitative estimate of drug-likeness (QED) is 0.0146. The van der Waals surface area contributed by atoms with Gasteiger partial charge in [-0.05, 0) is 121 Å². The molecular formula is C48H38N8O20S6+2. The van der Waals surface area contributed by atoms with Crippen LogP contribution in [0.1, 0.15) is 22.3 Å². The molecule has 8 N–H and O–H groups in total. The molecule has 0 amide bonds. The van der Waals surface area contributed by atoms with Gasteiger partial charge in [0, 0.05) is 45.8 Å². The molecule has 424 valence electrons. The van der Waals surface area contributed by atoms with Gasteiger partial charge in [-0.25, -0.2) is 0 Å². The molecule has 0 aliphatic heterocycles. The molecule has 0 saturated carbocycles. The van der Waals surface area contributed by atoms with Crippen molar-refractivity contribution in [2.24, 2.45) is 30.7 Å². The summed E-state index contributed by atoms with van der Waals surface area (Å²) in [6.45, 7) is 3.07. The Bertz CT molecular complexity index is 4610. The summed E-state index contributed by atoms with van der Waals surface area (Å²) in [7, 11) is -29.8. The van der Waals surface area contributed by atoms with Gasteiger partial charge in [-0.15, -0.1) is 0 Å². The van der Waals surface area contributed by atoms with Crippen LogP contribution in [-0.4, -0.2) is 98.0 Å². The van der Waals surface area contributed by atoms with Crippen molar-refractivity contribution in [3.05, 3.63) is 156 Å². The number of rotatable bonds is 16. The predicted octanol–water partition coefficient (Wildman–Crippen LogP) is 10.7. The zero-order valence-electron chi connectivity index (χ0n) is 41.4. The monoisotopic (exact) mass is 1240 g/mol. The van der Waals surface area contributed by atoms with E-state index in [1.165, 1.54) is 62.4 Å². The lowest BCUT2D eigenvalue weighted by Gasteiger charge is -2.08. The highest BCUT2D eigenvalue weighted by Gasteiger charge is 2.26. The second-order valence-corrected chi connectivity index (χ2v) is 25.7. The molecule has 0 unspecified atom stereocenters. The summed E-state index contributed by atoms with van der Waals surface area (Å²) in [6.07, 6.45) is 2.10. The summed E-state index contributed by atoms with van der Waals surface area (Å²) in [5.41, 5.74) is -0.559. The summed E-state index contributed by atoms with van der Waals surface area (Å²) in [6, 6.07) is 25.2. The topological polar surface area (TPSA) is 447 Å². The molecule has 0 fully saturated rings. The Labute approximate surface area is 464 Å². The molecule has 8 aromatic rings. The van der Waals surface area contributed by atoms with Crippen molar-refractivity contribution in [3.8, 4) is 0 Å². The van der Waals surface area contributed by atoms with Crippen LogP contribution >= 0.6 is 0 Å². The molecule has 0 aliphatic rings. The van der Waals surface area contributed by atoms with E-state index < -0.39 is 90.1 Å². The van der Waals surface area contributed by atoms with Crippen LogP contribution in [0.15, 0.2) is 194 Å². The highest BCUT2D eigenvalue weighted by atomic mass is 32.2. The van der Waals surface area contributed by atoms with E-state index in [0.717, 1.165) is 97.1 Å². The first-order valence-electron chi connectivity index (χ1n) is 22.5. The van der Waals surface area contributed by atoms with Crippen LogP contribution in [0, 0.1) is 13.8 Å². The molecule has 8 aromatic carbocycles. The Morgan fingerprint density at radius 1 is 0.341 bits per heavy atom. The van der Waals surface area contributed by atoms with Gasteiger partial charge >= 0.3 is 0 Å². The molecule has 34 heteroatoms. The molecule has 28 nitrogen and oxygen atoms in total. The molecule has 0 saturated heterocycles. The Morgan fingerprint density at radius 2 is 0.683 bits per heavy atom. The maximum Gasteiger partial charge on any atom is 0.295 e. The minimum atomic E-state index is -5.10. The lowest BCUT2D eigenvalue weighted by molar-refractivity contribution is -0.761. The van der Waals surface area contributed by atoms with E-state index in [1.807, 2.05) is 0 Å². The van der Waals surface area contributed by atoms with Crippen molar-refractivity contribution in [3.63, 3.8) is 0 Å². The van der Waals surface area contributed by atoms with Gasteiger partial charge in [0.1, 0.15) is 50.5 Å². The van der Waals surface area contributed by atoms with Gasteiger partial charge in [-0.3, -0.25) is 37.7 Å². The number of nitrogens with zero attached hydrogens (tertiary/aromatic N) is 8. The summed E-state index contributed by atoms with van der Waals surface area (Å²) in [4.78, 5) is -3.87. The van der Waals surface area contributed by atoms with Gasteiger partial charge in [0.05, 0.1) is 33.0 Å². The molecule has 0 radical (unpaired) electrons. The van der Waals surface area contributed by atoms with Crippen molar-refractivity contribution >= 4 is 140 Å². The van der Waals surface area contributed by atoms with E-state index >= 15 is 0 Å². The second-order valence-electron chi connectivity index (χ2n) is 17.3. The number of azo groups is 4. The van der Waals surface area contributed by atoms with E-state index in [4.69, 9.17) is 0 Å². The zero-order valence-corrected chi connectivity index (χ0v) is 46.3. The first-order valence-corrected chi connectivity index (χ1v) is 31.1. The van der Waals surface area contributed by atoms with E-state index in [0.29, 0.717) is 11.1 Å². The van der Waals surface area contributed by atoms with Gasteiger partial charge in [0.2, 0.25) is 0 Å². The first-order chi connectivity index (χ1) is 38.1. The van der Waals surface area contributed by atoms with Crippen molar-refractivity contribution in [1.82, 2.24) is 0 Å². The van der Waals surface area contributed by atoms with Crippen LogP contribution in [0.5, 0.6) is 0 Å². The van der Waals surface area contributed by atoms with E-state index in [-0.39, 0.29) is 87.9 Å². The molecule has 0 atom stereocenters. The van der Waals surface area contributed by atoms with Crippen molar-refractivity contribution in [2.45, 2.75) is 43.2 Å². The predicted molar refractivity (Wildman–Crippen MR) is 287 cm³/mol. The Morgan fingerprint density at radius 3 is 1.00 bits per heavy atom. The third kappa shape index (κ3) is 13.4. The molecule has 0 heterocycles. The van der Waals surface area contributed by atoms with Gasteiger partial charge in [0.25, 0.3) is 72.1 Å². The minimum Gasteiger partial charge on any atom is -0.282 e.